The summed E-state index contributed by atoms with van der Waals surface area (Å²) in [7, 11) is 2.06. The van der Waals surface area contributed by atoms with Crippen LogP contribution in [0.3, 0.4) is 0 Å². The second-order valence-electron chi connectivity index (χ2n) is 5.42. The van der Waals surface area contributed by atoms with Crippen LogP contribution in [0.15, 0.2) is 48.5 Å². The van der Waals surface area contributed by atoms with Gasteiger partial charge in [0.2, 0.25) is 0 Å². The molecule has 0 saturated carbocycles. The Morgan fingerprint density at radius 1 is 1.14 bits per heavy atom. The molecular weight excluding hydrogens is 262 g/mol. The molecule has 0 amide bonds. The summed E-state index contributed by atoms with van der Waals surface area (Å²) in [6.07, 6.45) is 1.00. The van der Waals surface area contributed by atoms with Gasteiger partial charge in [-0.05, 0) is 49.2 Å². The van der Waals surface area contributed by atoms with Gasteiger partial charge < -0.3 is 10.0 Å². The van der Waals surface area contributed by atoms with Crippen LogP contribution in [0.4, 0.5) is 0 Å². The second kappa shape index (κ2) is 7.04. The molecule has 0 saturated heterocycles. The summed E-state index contributed by atoms with van der Waals surface area (Å²) in [5, 5.41) is 9.01. The maximum absolute atomic E-state index is 11.0. The lowest BCUT2D eigenvalue weighted by atomic mass is 10.1. The third kappa shape index (κ3) is 4.43. The highest BCUT2D eigenvalue weighted by Gasteiger charge is 2.06. The molecular formula is C18H21NO2. The maximum Gasteiger partial charge on any atom is 0.335 e. The van der Waals surface area contributed by atoms with E-state index in [2.05, 4.69) is 43.1 Å². The van der Waals surface area contributed by atoms with E-state index >= 15 is 0 Å². The van der Waals surface area contributed by atoms with E-state index in [1.807, 2.05) is 6.07 Å². The lowest BCUT2D eigenvalue weighted by Crippen LogP contribution is -2.21. The predicted molar refractivity (Wildman–Crippen MR) is 84.6 cm³/mol. The molecule has 0 fully saturated rings. The van der Waals surface area contributed by atoms with Crippen LogP contribution in [-0.2, 0) is 13.0 Å². The predicted octanol–water partition coefficient (Wildman–Crippen LogP) is 3.37. The first-order chi connectivity index (χ1) is 10.1. The number of hydrogen-bond donors (Lipinski definition) is 1. The molecule has 21 heavy (non-hydrogen) atoms. The second-order valence-corrected chi connectivity index (χ2v) is 5.42. The first kappa shape index (κ1) is 15.3. The van der Waals surface area contributed by atoms with Crippen LogP contribution in [0.1, 0.15) is 27.0 Å². The number of rotatable bonds is 6. The largest absolute Gasteiger partial charge is 0.478 e. The fraction of sp³-hybridized carbons (Fsp3) is 0.278. The van der Waals surface area contributed by atoms with Crippen molar-refractivity contribution in [2.75, 3.05) is 13.6 Å². The molecule has 0 atom stereocenters. The van der Waals surface area contributed by atoms with Crippen molar-refractivity contribution >= 4 is 5.97 Å². The lowest BCUT2D eigenvalue weighted by molar-refractivity contribution is 0.0696. The van der Waals surface area contributed by atoms with Gasteiger partial charge in [0.15, 0.2) is 0 Å². The molecule has 3 nitrogen and oxygen atoms in total. The number of carboxylic acids is 1. The minimum atomic E-state index is -0.876. The highest BCUT2D eigenvalue weighted by atomic mass is 16.4. The van der Waals surface area contributed by atoms with Crippen molar-refractivity contribution in [3.05, 3.63) is 70.8 Å². The zero-order valence-electron chi connectivity index (χ0n) is 12.5. The summed E-state index contributed by atoms with van der Waals surface area (Å²) in [5.41, 5.74) is 4.06. The summed E-state index contributed by atoms with van der Waals surface area (Å²) in [6, 6.07) is 15.6. The molecule has 110 valence electrons. The van der Waals surface area contributed by atoms with Crippen molar-refractivity contribution in [1.82, 2.24) is 4.90 Å². The molecule has 0 spiro atoms. The molecule has 0 radical (unpaired) electrons. The summed E-state index contributed by atoms with van der Waals surface area (Å²) >= 11 is 0. The SMILES string of the molecule is Cc1ccccc1CCN(C)Cc1cccc(C(=O)O)c1. The van der Waals surface area contributed by atoms with Gasteiger partial charge in [-0.3, -0.25) is 0 Å². The van der Waals surface area contributed by atoms with E-state index < -0.39 is 5.97 Å². The first-order valence-corrected chi connectivity index (χ1v) is 7.11. The minimum Gasteiger partial charge on any atom is -0.478 e. The number of aryl methyl sites for hydroxylation is 1. The fourth-order valence-corrected chi connectivity index (χ4v) is 2.40. The van der Waals surface area contributed by atoms with Crippen molar-refractivity contribution in [3.63, 3.8) is 0 Å². The Bertz CT molecular complexity index is 622. The van der Waals surface area contributed by atoms with Crippen LogP contribution in [0.5, 0.6) is 0 Å². The molecule has 0 aliphatic heterocycles. The molecule has 0 aliphatic carbocycles. The number of carbonyl (C=O) groups is 1. The fourth-order valence-electron chi connectivity index (χ4n) is 2.40. The zero-order valence-corrected chi connectivity index (χ0v) is 12.5. The average Bonchev–Trinajstić information content (AvgIpc) is 2.46. The Morgan fingerprint density at radius 3 is 2.62 bits per heavy atom. The lowest BCUT2D eigenvalue weighted by Gasteiger charge is -2.17. The van der Waals surface area contributed by atoms with Gasteiger partial charge in [-0.1, -0.05) is 36.4 Å². The van der Waals surface area contributed by atoms with E-state index in [0.717, 1.165) is 25.1 Å². The minimum absolute atomic E-state index is 0.347. The van der Waals surface area contributed by atoms with Gasteiger partial charge in [0, 0.05) is 13.1 Å². The van der Waals surface area contributed by atoms with Crippen LogP contribution >= 0.6 is 0 Å². The molecule has 3 heteroatoms. The Hall–Kier alpha value is -2.13. The van der Waals surface area contributed by atoms with E-state index in [4.69, 9.17) is 5.11 Å². The number of benzene rings is 2. The van der Waals surface area contributed by atoms with Gasteiger partial charge in [-0.15, -0.1) is 0 Å². The number of aromatic carboxylic acids is 1. The van der Waals surface area contributed by atoms with Gasteiger partial charge in [0.1, 0.15) is 0 Å². The van der Waals surface area contributed by atoms with E-state index in [9.17, 15) is 4.79 Å². The van der Waals surface area contributed by atoms with Crippen LogP contribution in [-0.4, -0.2) is 29.6 Å². The molecule has 2 aromatic carbocycles. The number of hydrogen-bond acceptors (Lipinski definition) is 2. The van der Waals surface area contributed by atoms with Gasteiger partial charge >= 0.3 is 5.97 Å². The summed E-state index contributed by atoms with van der Waals surface area (Å²) in [6.45, 7) is 3.83. The zero-order chi connectivity index (χ0) is 15.2. The standard InChI is InChI=1S/C18H21NO2/c1-14-6-3-4-8-16(14)10-11-19(2)13-15-7-5-9-17(12-15)18(20)21/h3-9,12H,10-11,13H2,1-2H3,(H,20,21). The number of carboxylic acid groups (broad SMARTS) is 1. The average molecular weight is 283 g/mol. The van der Waals surface area contributed by atoms with E-state index in [0.29, 0.717) is 5.56 Å². The first-order valence-electron chi connectivity index (χ1n) is 7.11. The molecule has 0 unspecified atom stereocenters. The summed E-state index contributed by atoms with van der Waals surface area (Å²) < 4.78 is 0. The van der Waals surface area contributed by atoms with Gasteiger partial charge in [-0.2, -0.15) is 0 Å². The molecule has 0 aliphatic rings. The van der Waals surface area contributed by atoms with Crippen LogP contribution in [0, 0.1) is 6.92 Å². The van der Waals surface area contributed by atoms with Crippen molar-refractivity contribution in [3.8, 4) is 0 Å². The molecule has 1 N–H and O–H groups in total. The highest BCUT2D eigenvalue weighted by molar-refractivity contribution is 5.87. The van der Waals surface area contributed by atoms with E-state index in [1.54, 1.807) is 18.2 Å². The smallest absolute Gasteiger partial charge is 0.335 e. The van der Waals surface area contributed by atoms with E-state index in [1.165, 1.54) is 11.1 Å². The molecule has 2 aromatic rings. The third-order valence-electron chi connectivity index (χ3n) is 3.65. The Kier molecular flexibility index (Phi) is 5.12. The molecule has 0 heterocycles. The van der Waals surface area contributed by atoms with Crippen molar-refractivity contribution in [2.24, 2.45) is 0 Å². The maximum atomic E-state index is 11.0. The van der Waals surface area contributed by atoms with Crippen molar-refractivity contribution in [2.45, 2.75) is 19.9 Å². The topological polar surface area (TPSA) is 40.5 Å². The van der Waals surface area contributed by atoms with Crippen molar-refractivity contribution in [1.29, 1.82) is 0 Å². The number of nitrogens with zero attached hydrogens (tertiary/aromatic N) is 1. The normalized spacial score (nSPS) is 10.8. The Morgan fingerprint density at radius 2 is 1.90 bits per heavy atom. The third-order valence-corrected chi connectivity index (χ3v) is 3.65. The monoisotopic (exact) mass is 283 g/mol. The van der Waals surface area contributed by atoms with Gasteiger partial charge in [0.25, 0.3) is 0 Å². The summed E-state index contributed by atoms with van der Waals surface area (Å²) in [4.78, 5) is 13.2. The molecule has 0 bridgehead atoms. The Balaban J connectivity index is 1.93. The summed E-state index contributed by atoms with van der Waals surface area (Å²) in [5.74, 6) is -0.876. The van der Waals surface area contributed by atoms with Gasteiger partial charge in [-0.25, -0.2) is 4.79 Å². The Labute approximate surface area is 125 Å². The van der Waals surface area contributed by atoms with Crippen molar-refractivity contribution < 1.29 is 9.90 Å². The van der Waals surface area contributed by atoms with E-state index in [-0.39, 0.29) is 0 Å². The quantitative estimate of drug-likeness (QED) is 0.883. The molecule has 0 aromatic heterocycles. The van der Waals surface area contributed by atoms with Crippen LogP contribution in [0.2, 0.25) is 0 Å². The number of likely N-dealkylation sites (N-methyl/N-ethyl adjacent to an activating group) is 1. The van der Waals surface area contributed by atoms with Gasteiger partial charge in [0.05, 0.1) is 5.56 Å². The van der Waals surface area contributed by atoms with Crippen LogP contribution in [0.25, 0.3) is 0 Å². The molecule has 2 rings (SSSR count). The highest BCUT2D eigenvalue weighted by Crippen LogP contribution is 2.11. The van der Waals surface area contributed by atoms with Crippen LogP contribution < -0.4 is 0 Å².